The van der Waals surface area contributed by atoms with Crippen LogP contribution in [-0.4, -0.2) is 18.0 Å². The SMILES string of the molecule is CCC(CC)NC(=O)C(C)NCc1cccs1. The van der Waals surface area contributed by atoms with Crippen molar-refractivity contribution < 1.29 is 4.79 Å². The van der Waals surface area contributed by atoms with Crippen molar-refractivity contribution in [3.63, 3.8) is 0 Å². The Morgan fingerprint density at radius 1 is 1.41 bits per heavy atom. The minimum Gasteiger partial charge on any atom is -0.352 e. The van der Waals surface area contributed by atoms with Crippen molar-refractivity contribution in [2.24, 2.45) is 0 Å². The molecule has 0 fully saturated rings. The van der Waals surface area contributed by atoms with Crippen LogP contribution in [0.4, 0.5) is 0 Å². The Morgan fingerprint density at radius 2 is 2.12 bits per heavy atom. The van der Waals surface area contributed by atoms with Crippen LogP contribution in [0.2, 0.25) is 0 Å². The van der Waals surface area contributed by atoms with Crippen LogP contribution in [0.15, 0.2) is 17.5 Å². The second kappa shape index (κ2) is 7.45. The van der Waals surface area contributed by atoms with E-state index >= 15 is 0 Å². The zero-order chi connectivity index (χ0) is 12.7. The van der Waals surface area contributed by atoms with E-state index in [0.717, 1.165) is 19.4 Å². The molecule has 2 N–H and O–H groups in total. The van der Waals surface area contributed by atoms with Crippen LogP contribution >= 0.6 is 11.3 Å². The van der Waals surface area contributed by atoms with Gasteiger partial charge in [-0.15, -0.1) is 11.3 Å². The predicted octanol–water partition coefficient (Wildman–Crippen LogP) is 2.53. The average Bonchev–Trinajstić information content (AvgIpc) is 2.85. The molecule has 1 unspecified atom stereocenters. The average molecular weight is 254 g/mol. The van der Waals surface area contributed by atoms with Gasteiger partial charge in [0.1, 0.15) is 0 Å². The van der Waals surface area contributed by atoms with Crippen molar-refractivity contribution in [3.8, 4) is 0 Å². The fraction of sp³-hybridized carbons (Fsp3) is 0.615. The molecule has 96 valence electrons. The molecular formula is C13H22N2OS. The molecule has 1 amide bonds. The first-order chi connectivity index (χ1) is 8.17. The molecule has 4 heteroatoms. The highest BCUT2D eigenvalue weighted by atomic mass is 32.1. The highest BCUT2D eigenvalue weighted by Gasteiger charge is 2.15. The Labute approximate surface area is 108 Å². The summed E-state index contributed by atoms with van der Waals surface area (Å²) in [4.78, 5) is 13.1. The van der Waals surface area contributed by atoms with E-state index in [1.54, 1.807) is 11.3 Å². The molecule has 1 heterocycles. The van der Waals surface area contributed by atoms with Gasteiger partial charge in [-0.1, -0.05) is 19.9 Å². The summed E-state index contributed by atoms with van der Waals surface area (Å²) in [5.41, 5.74) is 0. The zero-order valence-corrected chi connectivity index (χ0v) is 11.6. The van der Waals surface area contributed by atoms with E-state index in [2.05, 4.69) is 30.5 Å². The lowest BCUT2D eigenvalue weighted by Crippen LogP contribution is -2.45. The van der Waals surface area contributed by atoms with E-state index in [4.69, 9.17) is 0 Å². The van der Waals surface area contributed by atoms with Crippen LogP contribution in [0.25, 0.3) is 0 Å². The first-order valence-corrected chi connectivity index (χ1v) is 7.11. The molecule has 17 heavy (non-hydrogen) atoms. The second-order valence-electron chi connectivity index (χ2n) is 4.20. The Balaban J connectivity index is 2.31. The third-order valence-electron chi connectivity index (χ3n) is 2.89. The maximum absolute atomic E-state index is 11.9. The molecule has 0 aliphatic rings. The minimum absolute atomic E-state index is 0.0928. The molecule has 0 saturated heterocycles. The van der Waals surface area contributed by atoms with E-state index in [9.17, 15) is 4.79 Å². The molecule has 1 rings (SSSR count). The molecule has 1 atom stereocenters. The maximum Gasteiger partial charge on any atom is 0.237 e. The fourth-order valence-electron chi connectivity index (χ4n) is 1.58. The number of carbonyl (C=O) groups excluding carboxylic acids is 1. The summed E-state index contributed by atoms with van der Waals surface area (Å²) in [6.07, 6.45) is 1.97. The number of amides is 1. The van der Waals surface area contributed by atoms with Crippen molar-refractivity contribution in [1.82, 2.24) is 10.6 Å². The molecule has 1 aromatic rings. The van der Waals surface area contributed by atoms with Crippen molar-refractivity contribution in [1.29, 1.82) is 0 Å². The molecule has 0 spiro atoms. The van der Waals surface area contributed by atoms with Gasteiger partial charge in [-0.3, -0.25) is 4.79 Å². The van der Waals surface area contributed by atoms with Crippen LogP contribution in [-0.2, 0) is 11.3 Å². The van der Waals surface area contributed by atoms with Gasteiger partial charge in [0.15, 0.2) is 0 Å². The highest BCUT2D eigenvalue weighted by molar-refractivity contribution is 7.09. The lowest BCUT2D eigenvalue weighted by atomic mass is 10.1. The van der Waals surface area contributed by atoms with Crippen LogP contribution in [0.5, 0.6) is 0 Å². The van der Waals surface area contributed by atoms with Crippen molar-refractivity contribution in [2.75, 3.05) is 0 Å². The van der Waals surface area contributed by atoms with Gasteiger partial charge in [0.2, 0.25) is 5.91 Å². The fourth-order valence-corrected chi connectivity index (χ4v) is 2.23. The molecule has 0 aromatic carbocycles. The summed E-state index contributed by atoms with van der Waals surface area (Å²) >= 11 is 1.71. The number of nitrogens with one attached hydrogen (secondary N) is 2. The van der Waals surface area contributed by atoms with Gasteiger partial charge in [-0.05, 0) is 31.2 Å². The van der Waals surface area contributed by atoms with E-state index < -0.39 is 0 Å². The highest BCUT2D eigenvalue weighted by Crippen LogP contribution is 2.07. The van der Waals surface area contributed by atoms with Gasteiger partial charge in [0, 0.05) is 17.5 Å². The normalized spacial score (nSPS) is 12.7. The van der Waals surface area contributed by atoms with Crippen LogP contribution in [0.3, 0.4) is 0 Å². The number of hydrogen-bond donors (Lipinski definition) is 2. The van der Waals surface area contributed by atoms with Gasteiger partial charge < -0.3 is 10.6 Å². The molecule has 0 radical (unpaired) electrons. The van der Waals surface area contributed by atoms with Crippen molar-refractivity contribution in [3.05, 3.63) is 22.4 Å². The molecule has 1 aromatic heterocycles. The monoisotopic (exact) mass is 254 g/mol. The Hall–Kier alpha value is -0.870. The van der Waals surface area contributed by atoms with Crippen LogP contribution in [0, 0.1) is 0 Å². The summed E-state index contributed by atoms with van der Waals surface area (Å²) < 4.78 is 0. The van der Waals surface area contributed by atoms with E-state index in [1.807, 2.05) is 18.4 Å². The van der Waals surface area contributed by atoms with Crippen LogP contribution in [0.1, 0.15) is 38.5 Å². The first-order valence-electron chi connectivity index (χ1n) is 6.23. The molecule has 3 nitrogen and oxygen atoms in total. The Kier molecular flexibility index (Phi) is 6.22. The van der Waals surface area contributed by atoms with Gasteiger partial charge >= 0.3 is 0 Å². The third-order valence-corrected chi connectivity index (χ3v) is 3.76. The van der Waals surface area contributed by atoms with Crippen molar-refractivity contribution in [2.45, 2.75) is 52.2 Å². The maximum atomic E-state index is 11.9. The molecule has 0 aliphatic heterocycles. The standard InChI is InChI=1S/C13H22N2OS/c1-4-11(5-2)15-13(16)10(3)14-9-12-7-6-8-17-12/h6-8,10-11,14H,4-5,9H2,1-3H3,(H,15,16). The minimum atomic E-state index is -0.141. The number of rotatable bonds is 7. The van der Waals surface area contributed by atoms with Crippen LogP contribution < -0.4 is 10.6 Å². The third kappa shape index (κ3) is 4.88. The van der Waals surface area contributed by atoms with Gasteiger partial charge in [-0.25, -0.2) is 0 Å². The summed E-state index contributed by atoms with van der Waals surface area (Å²) in [7, 11) is 0. The number of thiophene rings is 1. The summed E-state index contributed by atoms with van der Waals surface area (Å²) in [6.45, 7) is 6.86. The quantitative estimate of drug-likeness (QED) is 0.785. The lowest BCUT2D eigenvalue weighted by molar-refractivity contribution is -0.123. The lowest BCUT2D eigenvalue weighted by Gasteiger charge is -2.19. The number of hydrogen-bond acceptors (Lipinski definition) is 3. The molecular weight excluding hydrogens is 232 g/mol. The van der Waals surface area contributed by atoms with E-state index in [0.29, 0.717) is 6.04 Å². The summed E-state index contributed by atoms with van der Waals surface area (Å²) in [6, 6.07) is 4.26. The van der Waals surface area contributed by atoms with Gasteiger partial charge in [0.05, 0.1) is 6.04 Å². The van der Waals surface area contributed by atoms with Gasteiger partial charge in [0.25, 0.3) is 0 Å². The van der Waals surface area contributed by atoms with E-state index in [-0.39, 0.29) is 11.9 Å². The first kappa shape index (κ1) is 14.2. The van der Waals surface area contributed by atoms with E-state index in [1.165, 1.54) is 4.88 Å². The molecule has 0 saturated carbocycles. The largest absolute Gasteiger partial charge is 0.352 e. The second-order valence-corrected chi connectivity index (χ2v) is 5.24. The molecule has 0 aliphatic carbocycles. The summed E-state index contributed by atoms with van der Waals surface area (Å²) in [5, 5.41) is 8.33. The van der Waals surface area contributed by atoms with Gasteiger partial charge in [-0.2, -0.15) is 0 Å². The Morgan fingerprint density at radius 3 is 2.65 bits per heavy atom. The topological polar surface area (TPSA) is 41.1 Å². The molecule has 0 bridgehead atoms. The number of carbonyl (C=O) groups is 1. The summed E-state index contributed by atoms with van der Waals surface area (Å²) in [5.74, 6) is 0.0928. The van der Waals surface area contributed by atoms with Crippen molar-refractivity contribution >= 4 is 17.2 Å². The zero-order valence-electron chi connectivity index (χ0n) is 10.8. The Bertz CT molecular complexity index is 320. The smallest absolute Gasteiger partial charge is 0.237 e. The predicted molar refractivity (Wildman–Crippen MR) is 73.1 cm³/mol.